The van der Waals surface area contributed by atoms with Crippen molar-refractivity contribution < 1.29 is 19.3 Å². The molecule has 2 aromatic carbocycles. The van der Waals surface area contributed by atoms with Gasteiger partial charge in [0.2, 0.25) is 0 Å². The van der Waals surface area contributed by atoms with Gasteiger partial charge in [-0.2, -0.15) is 0 Å². The number of anilines is 1. The Kier molecular flexibility index (Phi) is 4.63. The lowest BCUT2D eigenvalue weighted by molar-refractivity contribution is -0.384. The van der Waals surface area contributed by atoms with E-state index in [1.54, 1.807) is 24.3 Å². The van der Waals surface area contributed by atoms with Crippen molar-refractivity contribution in [1.29, 1.82) is 0 Å². The molecule has 0 saturated carbocycles. The molecule has 1 aliphatic rings. The fourth-order valence-corrected chi connectivity index (χ4v) is 2.79. The topological polar surface area (TPSA) is 110 Å². The van der Waals surface area contributed by atoms with E-state index in [2.05, 4.69) is 21.2 Å². The minimum absolute atomic E-state index is 0.178. The van der Waals surface area contributed by atoms with Gasteiger partial charge >= 0.3 is 6.03 Å². The Labute approximate surface area is 155 Å². The molecule has 2 aromatic rings. The molecule has 0 aliphatic carbocycles. The van der Waals surface area contributed by atoms with Gasteiger partial charge in [0.05, 0.1) is 10.6 Å². The number of benzene rings is 2. The van der Waals surface area contributed by atoms with Gasteiger partial charge in [-0.15, -0.1) is 0 Å². The summed E-state index contributed by atoms with van der Waals surface area (Å²) in [5.74, 6) is -1.68. The first kappa shape index (κ1) is 17.5. The Hall–Kier alpha value is -3.33. The van der Waals surface area contributed by atoms with Gasteiger partial charge < -0.3 is 0 Å². The molecule has 1 N–H and O–H groups in total. The summed E-state index contributed by atoms with van der Waals surface area (Å²) < 4.78 is 0.650. The van der Waals surface area contributed by atoms with E-state index in [9.17, 15) is 24.5 Å². The largest absolute Gasteiger partial charge is 0.335 e. The molecule has 26 heavy (non-hydrogen) atoms. The van der Waals surface area contributed by atoms with Crippen LogP contribution in [-0.4, -0.2) is 22.8 Å². The number of barbiturate groups is 1. The number of urea groups is 1. The third-order valence-corrected chi connectivity index (χ3v) is 4.05. The van der Waals surface area contributed by atoms with Crippen molar-refractivity contribution >= 4 is 51.2 Å². The van der Waals surface area contributed by atoms with Crippen LogP contribution < -0.4 is 10.2 Å². The lowest BCUT2D eigenvalue weighted by Gasteiger charge is -2.26. The summed E-state index contributed by atoms with van der Waals surface area (Å²) in [5.41, 5.74) is 0.0913. The Balaban J connectivity index is 2.03. The minimum Gasteiger partial charge on any atom is -0.273 e. The fraction of sp³-hybridized carbons (Fsp3) is 0. The summed E-state index contributed by atoms with van der Waals surface area (Å²) in [6, 6.07) is 11.1. The first-order valence-corrected chi connectivity index (χ1v) is 8.07. The molecule has 0 bridgehead atoms. The number of hydrogen-bond acceptors (Lipinski definition) is 5. The van der Waals surface area contributed by atoms with Crippen LogP contribution in [-0.2, 0) is 9.59 Å². The molecule has 0 atom stereocenters. The molecule has 1 heterocycles. The molecule has 1 saturated heterocycles. The summed E-state index contributed by atoms with van der Waals surface area (Å²) in [6.07, 6.45) is 1.21. The Bertz CT molecular complexity index is 986. The predicted octanol–water partition coefficient (Wildman–Crippen LogP) is 3.02. The van der Waals surface area contributed by atoms with Crippen LogP contribution in [0, 0.1) is 10.1 Å². The second-order valence-electron chi connectivity index (χ2n) is 5.29. The molecule has 8 nitrogen and oxygen atoms in total. The van der Waals surface area contributed by atoms with Crippen LogP contribution in [0.15, 0.2) is 58.6 Å². The van der Waals surface area contributed by atoms with Crippen molar-refractivity contribution in [2.75, 3.05) is 4.90 Å². The summed E-state index contributed by atoms with van der Waals surface area (Å²) in [5, 5.41) is 13.0. The minimum atomic E-state index is -0.866. The number of carbonyl (C=O) groups is 3. The van der Waals surface area contributed by atoms with Gasteiger partial charge in [-0.05, 0) is 29.8 Å². The molecule has 1 fully saturated rings. The number of carbonyl (C=O) groups excluding carboxylic acids is 3. The van der Waals surface area contributed by atoms with E-state index in [-0.39, 0.29) is 16.9 Å². The van der Waals surface area contributed by atoms with Crippen molar-refractivity contribution in [1.82, 2.24) is 5.32 Å². The average molecular weight is 416 g/mol. The first-order valence-electron chi connectivity index (χ1n) is 7.28. The second-order valence-corrected chi connectivity index (χ2v) is 6.21. The van der Waals surface area contributed by atoms with Crippen molar-refractivity contribution in [2.45, 2.75) is 0 Å². The van der Waals surface area contributed by atoms with Crippen molar-refractivity contribution in [3.8, 4) is 0 Å². The Morgan fingerprint density at radius 3 is 2.50 bits per heavy atom. The lowest BCUT2D eigenvalue weighted by atomic mass is 10.1. The number of nitrogens with one attached hydrogen (secondary N) is 1. The molecular weight excluding hydrogens is 406 g/mol. The fourth-order valence-electron chi connectivity index (χ4n) is 2.40. The number of halogens is 1. The molecule has 0 radical (unpaired) electrons. The molecule has 0 unspecified atom stereocenters. The lowest BCUT2D eigenvalue weighted by Crippen LogP contribution is -2.54. The van der Waals surface area contributed by atoms with Gasteiger partial charge in [0.1, 0.15) is 5.57 Å². The van der Waals surface area contributed by atoms with E-state index >= 15 is 0 Å². The number of nitro benzene ring substituents is 1. The van der Waals surface area contributed by atoms with Gasteiger partial charge in [0, 0.05) is 16.6 Å². The summed E-state index contributed by atoms with van der Waals surface area (Å²) in [7, 11) is 0. The van der Waals surface area contributed by atoms with E-state index in [4.69, 9.17) is 0 Å². The Morgan fingerprint density at radius 1 is 1.08 bits per heavy atom. The smallest absolute Gasteiger partial charge is 0.273 e. The van der Waals surface area contributed by atoms with Gasteiger partial charge in [0.15, 0.2) is 0 Å². The van der Waals surface area contributed by atoms with Crippen LogP contribution in [0.3, 0.4) is 0 Å². The summed E-state index contributed by atoms with van der Waals surface area (Å²) in [4.78, 5) is 48.0. The second kappa shape index (κ2) is 6.89. The maximum atomic E-state index is 12.7. The maximum absolute atomic E-state index is 12.7. The number of nitro groups is 1. The van der Waals surface area contributed by atoms with Crippen LogP contribution in [0.1, 0.15) is 5.56 Å². The predicted molar refractivity (Wildman–Crippen MR) is 96.2 cm³/mol. The van der Waals surface area contributed by atoms with E-state index in [1.165, 1.54) is 30.3 Å². The number of nitrogens with zero attached hydrogens (tertiary/aromatic N) is 2. The highest BCUT2D eigenvalue weighted by atomic mass is 79.9. The highest BCUT2D eigenvalue weighted by Crippen LogP contribution is 2.25. The van der Waals surface area contributed by atoms with E-state index in [1.807, 2.05) is 0 Å². The molecule has 1 aliphatic heterocycles. The monoisotopic (exact) mass is 415 g/mol. The van der Waals surface area contributed by atoms with Crippen LogP contribution >= 0.6 is 15.9 Å². The number of non-ortho nitro benzene ring substituents is 1. The maximum Gasteiger partial charge on any atom is 0.335 e. The first-order chi connectivity index (χ1) is 12.4. The third kappa shape index (κ3) is 3.38. The molecule has 130 valence electrons. The summed E-state index contributed by atoms with van der Waals surface area (Å²) >= 11 is 3.26. The SMILES string of the molecule is O=C1NC(=O)N(c2cccc(Br)c2)C(=O)/C1=C\c1cccc([N+](=O)[O-])c1. The molecule has 4 amide bonds. The normalized spacial score (nSPS) is 16.0. The van der Waals surface area contributed by atoms with Crippen LogP contribution in [0.4, 0.5) is 16.2 Å². The third-order valence-electron chi connectivity index (χ3n) is 3.56. The van der Waals surface area contributed by atoms with E-state index in [0.717, 1.165) is 4.90 Å². The standard InChI is InChI=1S/C17H10BrN3O5/c18-11-4-2-5-12(9-11)20-16(23)14(15(22)19-17(20)24)8-10-3-1-6-13(7-10)21(25)26/h1-9H,(H,19,22,24)/b14-8-. The molecule has 3 rings (SSSR count). The van der Waals surface area contributed by atoms with Gasteiger partial charge in [-0.25, -0.2) is 9.69 Å². The van der Waals surface area contributed by atoms with E-state index in [0.29, 0.717) is 10.0 Å². The van der Waals surface area contributed by atoms with Crippen molar-refractivity contribution in [2.24, 2.45) is 0 Å². The number of amides is 4. The van der Waals surface area contributed by atoms with Crippen LogP contribution in [0.2, 0.25) is 0 Å². The zero-order valence-electron chi connectivity index (χ0n) is 13.0. The zero-order chi connectivity index (χ0) is 18.8. The molecule has 9 heteroatoms. The number of hydrogen-bond donors (Lipinski definition) is 1. The zero-order valence-corrected chi connectivity index (χ0v) is 14.6. The van der Waals surface area contributed by atoms with Crippen LogP contribution in [0.25, 0.3) is 6.08 Å². The van der Waals surface area contributed by atoms with E-state index < -0.39 is 22.8 Å². The molecule has 0 aromatic heterocycles. The van der Waals surface area contributed by atoms with Gasteiger partial charge in [0.25, 0.3) is 17.5 Å². The van der Waals surface area contributed by atoms with Crippen molar-refractivity contribution in [3.05, 3.63) is 74.3 Å². The van der Waals surface area contributed by atoms with Gasteiger partial charge in [-0.3, -0.25) is 25.0 Å². The van der Waals surface area contributed by atoms with Crippen LogP contribution in [0.5, 0.6) is 0 Å². The molecule has 0 spiro atoms. The quantitative estimate of drug-likeness (QED) is 0.358. The Morgan fingerprint density at radius 2 is 1.81 bits per heavy atom. The molecular formula is C17H10BrN3O5. The number of rotatable bonds is 3. The summed E-state index contributed by atoms with van der Waals surface area (Å²) in [6.45, 7) is 0. The highest BCUT2D eigenvalue weighted by molar-refractivity contribution is 9.10. The van der Waals surface area contributed by atoms with Crippen molar-refractivity contribution in [3.63, 3.8) is 0 Å². The highest BCUT2D eigenvalue weighted by Gasteiger charge is 2.36. The van der Waals surface area contributed by atoms with Gasteiger partial charge in [-0.1, -0.05) is 34.1 Å². The number of imide groups is 2. The average Bonchev–Trinajstić information content (AvgIpc) is 2.59.